The molecule has 0 rings (SSSR count). The van der Waals surface area contributed by atoms with Gasteiger partial charge in [-0.1, -0.05) is 58.3 Å². The summed E-state index contributed by atoms with van der Waals surface area (Å²) < 4.78 is 1.17. The monoisotopic (exact) mass is 339 g/mol. The van der Waals surface area contributed by atoms with Gasteiger partial charge in [0.1, 0.15) is 0 Å². The second kappa shape index (κ2) is 16.9. The second-order valence-electron chi connectivity index (χ2n) is 6.96. The second-order valence-corrected chi connectivity index (χ2v) is 7.34. The van der Waals surface area contributed by atoms with Crippen LogP contribution in [0.3, 0.4) is 0 Å². The minimum atomic E-state index is 0. The summed E-state index contributed by atoms with van der Waals surface area (Å²) in [7, 11) is 4.73. The predicted molar refractivity (Wildman–Crippen MR) is 93.6 cm³/mol. The lowest BCUT2D eigenvalue weighted by molar-refractivity contribution is -0.890. The number of rotatable bonds is 15. The molecule has 0 aromatic heterocycles. The Kier molecular flexibility index (Phi) is 19.2. The molecule has 0 radical (unpaired) electrons. The van der Waals surface area contributed by atoms with Gasteiger partial charge in [0.2, 0.25) is 0 Å². The van der Waals surface area contributed by atoms with Crippen molar-refractivity contribution in [1.29, 1.82) is 0 Å². The summed E-state index contributed by atoms with van der Waals surface area (Å²) in [5.41, 5.74) is 0. The van der Waals surface area contributed by atoms with Gasteiger partial charge >= 0.3 is 0 Å². The Morgan fingerprint density at radius 2 is 1.00 bits per heavy atom. The van der Waals surface area contributed by atoms with E-state index in [2.05, 4.69) is 21.0 Å². The first-order chi connectivity index (χ1) is 9.62. The number of alkyl halides is 1. The Bertz CT molecular complexity index is 196. The van der Waals surface area contributed by atoms with Gasteiger partial charge in [0.15, 0.2) is 0 Å². The minimum absolute atomic E-state index is 0. The summed E-state index contributed by atoms with van der Waals surface area (Å²) in [6, 6.07) is 0. The van der Waals surface area contributed by atoms with Gasteiger partial charge in [-0.3, -0.25) is 0 Å². The van der Waals surface area contributed by atoms with E-state index in [1.807, 2.05) is 0 Å². The molecule has 130 valence electrons. The maximum Gasteiger partial charge on any atom is 0.0782 e. The highest BCUT2D eigenvalue weighted by atomic mass is 35.5. The molecule has 0 aliphatic rings. The van der Waals surface area contributed by atoms with Crippen molar-refractivity contribution < 1.29 is 16.9 Å². The summed E-state index contributed by atoms with van der Waals surface area (Å²) in [5.74, 6) is 0.818. The van der Waals surface area contributed by atoms with Gasteiger partial charge in [-0.25, -0.2) is 0 Å². The van der Waals surface area contributed by atoms with Crippen LogP contribution in [0.1, 0.15) is 84.0 Å². The van der Waals surface area contributed by atoms with Crippen LogP contribution in [0.2, 0.25) is 0 Å². The number of quaternary nitrogens is 1. The van der Waals surface area contributed by atoms with E-state index in [9.17, 15) is 0 Å². The quantitative estimate of drug-likeness (QED) is 0.244. The maximum absolute atomic E-state index is 5.74. The van der Waals surface area contributed by atoms with E-state index in [0.29, 0.717) is 0 Å². The van der Waals surface area contributed by atoms with Crippen molar-refractivity contribution >= 4 is 11.6 Å². The van der Waals surface area contributed by atoms with Crippen LogP contribution in [0.4, 0.5) is 0 Å². The molecule has 0 spiro atoms. The first-order valence-corrected chi connectivity index (χ1v) is 9.54. The molecule has 0 aromatic rings. The number of nitrogens with zero attached hydrogens (tertiary/aromatic N) is 1. The number of hydrogen-bond donors (Lipinski definition) is 0. The lowest BCUT2D eigenvalue weighted by Crippen LogP contribution is -3.00. The summed E-state index contributed by atoms with van der Waals surface area (Å²) in [5, 5.41) is 0. The SMILES string of the molecule is CCCCCCCCCCCC[N+](C)(C)CCCCCl.[Cl-]. The van der Waals surface area contributed by atoms with Gasteiger partial charge in [0.05, 0.1) is 27.2 Å². The topological polar surface area (TPSA) is 0 Å². The van der Waals surface area contributed by atoms with Crippen molar-refractivity contribution in [1.82, 2.24) is 0 Å². The minimum Gasteiger partial charge on any atom is -1.00 e. The molecule has 0 heterocycles. The molecule has 0 fully saturated rings. The summed E-state index contributed by atoms with van der Waals surface area (Å²) >= 11 is 5.74. The Balaban J connectivity index is 0. The zero-order valence-electron chi connectivity index (χ0n) is 14.8. The van der Waals surface area contributed by atoms with Gasteiger partial charge in [0.25, 0.3) is 0 Å². The molecule has 1 nitrogen and oxygen atoms in total. The van der Waals surface area contributed by atoms with Gasteiger partial charge in [-0.15, -0.1) is 11.6 Å². The van der Waals surface area contributed by atoms with Gasteiger partial charge in [-0.2, -0.15) is 0 Å². The molecule has 0 saturated heterocycles. The van der Waals surface area contributed by atoms with Gasteiger partial charge in [0, 0.05) is 5.88 Å². The number of unbranched alkanes of at least 4 members (excludes halogenated alkanes) is 10. The van der Waals surface area contributed by atoms with E-state index in [1.165, 1.54) is 94.6 Å². The van der Waals surface area contributed by atoms with Crippen molar-refractivity contribution in [3.05, 3.63) is 0 Å². The largest absolute Gasteiger partial charge is 1.00 e. The molecule has 0 aliphatic heterocycles. The number of hydrogen-bond acceptors (Lipinski definition) is 0. The molecule has 0 bridgehead atoms. The van der Waals surface area contributed by atoms with Crippen LogP contribution in [-0.4, -0.2) is 37.5 Å². The first kappa shape index (κ1) is 23.8. The highest BCUT2D eigenvalue weighted by Crippen LogP contribution is 2.12. The molecule has 0 unspecified atom stereocenters. The lowest BCUT2D eigenvalue weighted by atomic mass is 10.1. The molecule has 3 heteroatoms. The van der Waals surface area contributed by atoms with E-state index in [4.69, 9.17) is 11.6 Å². The zero-order valence-corrected chi connectivity index (χ0v) is 16.3. The maximum atomic E-state index is 5.74. The smallest absolute Gasteiger partial charge is 0.0782 e. The molecule has 0 aromatic carbocycles. The van der Waals surface area contributed by atoms with Crippen LogP contribution >= 0.6 is 11.6 Å². The van der Waals surface area contributed by atoms with Crippen molar-refractivity contribution in [3.63, 3.8) is 0 Å². The molecular weight excluding hydrogens is 301 g/mol. The average molecular weight is 340 g/mol. The predicted octanol–water partition coefficient (Wildman–Crippen LogP) is 3.01. The van der Waals surface area contributed by atoms with Crippen molar-refractivity contribution in [2.24, 2.45) is 0 Å². The van der Waals surface area contributed by atoms with Crippen molar-refractivity contribution in [2.45, 2.75) is 84.0 Å². The fraction of sp³-hybridized carbons (Fsp3) is 1.00. The highest BCUT2D eigenvalue weighted by molar-refractivity contribution is 6.17. The molecule has 21 heavy (non-hydrogen) atoms. The third-order valence-electron chi connectivity index (χ3n) is 4.26. The fourth-order valence-corrected chi connectivity index (χ4v) is 2.96. The molecular formula is C18H39Cl2N. The van der Waals surface area contributed by atoms with Crippen LogP contribution in [0, 0.1) is 0 Å². The molecule has 0 N–H and O–H groups in total. The van der Waals surface area contributed by atoms with Gasteiger partial charge < -0.3 is 16.9 Å². The lowest BCUT2D eigenvalue weighted by Gasteiger charge is -2.29. The van der Waals surface area contributed by atoms with E-state index in [1.54, 1.807) is 0 Å². The Hall–Kier alpha value is 0.540. The normalized spacial score (nSPS) is 11.4. The number of halogens is 2. The van der Waals surface area contributed by atoms with Crippen LogP contribution in [0.5, 0.6) is 0 Å². The van der Waals surface area contributed by atoms with E-state index in [0.717, 1.165) is 5.88 Å². The zero-order chi connectivity index (χ0) is 15.1. The Labute approximate surface area is 145 Å². The summed E-state index contributed by atoms with van der Waals surface area (Å²) in [6.07, 6.45) is 16.8. The Morgan fingerprint density at radius 3 is 1.43 bits per heavy atom. The van der Waals surface area contributed by atoms with Gasteiger partial charge in [-0.05, 0) is 25.7 Å². The summed E-state index contributed by atoms with van der Waals surface area (Å²) in [6.45, 7) is 4.90. The van der Waals surface area contributed by atoms with Crippen molar-refractivity contribution in [2.75, 3.05) is 33.1 Å². The average Bonchev–Trinajstić information content (AvgIpc) is 2.41. The first-order valence-electron chi connectivity index (χ1n) is 9.00. The van der Waals surface area contributed by atoms with Crippen LogP contribution in [0.15, 0.2) is 0 Å². The third kappa shape index (κ3) is 18.5. The molecule has 0 atom stereocenters. The van der Waals surface area contributed by atoms with Crippen LogP contribution in [0.25, 0.3) is 0 Å². The fourth-order valence-electron chi connectivity index (χ4n) is 2.77. The van der Waals surface area contributed by atoms with E-state index >= 15 is 0 Å². The van der Waals surface area contributed by atoms with E-state index < -0.39 is 0 Å². The van der Waals surface area contributed by atoms with Crippen molar-refractivity contribution in [3.8, 4) is 0 Å². The molecule has 0 amide bonds. The Morgan fingerprint density at radius 1 is 0.619 bits per heavy atom. The molecule has 0 aliphatic carbocycles. The highest BCUT2D eigenvalue weighted by Gasteiger charge is 2.13. The van der Waals surface area contributed by atoms with Crippen LogP contribution < -0.4 is 12.4 Å². The third-order valence-corrected chi connectivity index (χ3v) is 4.53. The van der Waals surface area contributed by atoms with Crippen LogP contribution in [-0.2, 0) is 0 Å². The van der Waals surface area contributed by atoms with E-state index in [-0.39, 0.29) is 12.4 Å². The summed E-state index contributed by atoms with van der Waals surface area (Å²) in [4.78, 5) is 0. The standard InChI is InChI=1S/C18H39ClN.ClH/c1-4-5-6-7-8-9-10-11-12-14-17-20(2,3)18-15-13-16-19;/h4-18H2,1-3H3;1H/q+1;/p-1. The molecule has 0 saturated carbocycles.